The Hall–Kier alpha value is -2.69. The van der Waals surface area contributed by atoms with E-state index < -0.39 is 21.7 Å². The van der Waals surface area contributed by atoms with Crippen LogP contribution in [0.4, 0.5) is 4.79 Å². The van der Waals surface area contributed by atoms with Crippen LogP contribution < -0.4 is 4.72 Å². The third kappa shape index (κ3) is 6.01. The maximum absolute atomic E-state index is 12.9. The minimum atomic E-state index is -4.08. The zero-order valence-corrected chi connectivity index (χ0v) is 21.0. The first-order chi connectivity index (χ1) is 15.4. The van der Waals surface area contributed by atoms with Crippen molar-refractivity contribution in [2.75, 3.05) is 7.11 Å². The fourth-order valence-electron chi connectivity index (χ4n) is 3.48. The van der Waals surface area contributed by atoms with Gasteiger partial charge in [0.05, 0.1) is 7.11 Å². The van der Waals surface area contributed by atoms with Crippen LogP contribution >= 0.6 is 11.3 Å². The van der Waals surface area contributed by atoms with Crippen molar-refractivity contribution in [3.8, 4) is 11.1 Å². The van der Waals surface area contributed by atoms with Gasteiger partial charge in [0.25, 0.3) is 10.0 Å². The molecule has 10 heteroatoms. The van der Waals surface area contributed by atoms with Crippen molar-refractivity contribution in [3.05, 3.63) is 59.0 Å². The van der Waals surface area contributed by atoms with E-state index in [-0.39, 0.29) is 4.21 Å². The van der Waals surface area contributed by atoms with Crippen LogP contribution in [0.3, 0.4) is 0 Å². The van der Waals surface area contributed by atoms with Crippen LogP contribution in [-0.2, 0) is 33.3 Å². The molecule has 178 valence electrons. The van der Waals surface area contributed by atoms with Gasteiger partial charge in [-0.25, -0.2) is 22.9 Å². The lowest BCUT2D eigenvalue weighted by atomic mass is 10.0. The second kappa shape index (κ2) is 9.66. The molecule has 2 heterocycles. The largest absolute Gasteiger partial charge is 0.452 e. The summed E-state index contributed by atoms with van der Waals surface area (Å²) in [6.45, 7) is 8.01. The van der Waals surface area contributed by atoms with Gasteiger partial charge in [-0.1, -0.05) is 38.1 Å². The summed E-state index contributed by atoms with van der Waals surface area (Å²) < 4.78 is 34.1. The second-order valence-corrected chi connectivity index (χ2v) is 11.8. The minimum absolute atomic E-state index is 0.0789. The third-order valence-electron chi connectivity index (χ3n) is 4.89. The topological polar surface area (TPSA) is 111 Å². The summed E-state index contributed by atoms with van der Waals surface area (Å²) in [6.07, 6.45) is 3.15. The van der Waals surface area contributed by atoms with Crippen LogP contribution in [-0.4, -0.2) is 36.3 Å². The number of thiophene rings is 1. The summed E-state index contributed by atoms with van der Waals surface area (Å²) in [4.78, 5) is 16.8. The van der Waals surface area contributed by atoms with Crippen molar-refractivity contribution in [2.24, 2.45) is 5.92 Å². The van der Waals surface area contributed by atoms with Gasteiger partial charge in [-0.15, -0.1) is 11.3 Å². The first kappa shape index (κ1) is 24.9. The number of amides is 1. The first-order valence-electron chi connectivity index (χ1n) is 10.5. The van der Waals surface area contributed by atoms with E-state index in [4.69, 9.17) is 0 Å². The van der Waals surface area contributed by atoms with Gasteiger partial charge in [-0.05, 0) is 43.4 Å². The molecule has 3 aromatic rings. The van der Waals surface area contributed by atoms with Gasteiger partial charge in [0, 0.05) is 29.4 Å². The Bertz CT molecular complexity index is 1220. The number of aromatic nitrogens is 2. The molecule has 0 bridgehead atoms. The van der Waals surface area contributed by atoms with Crippen molar-refractivity contribution in [1.29, 1.82) is 0 Å². The van der Waals surface area contributed by atoms with Gasteiger partial charge in [-0.2, -0.15) is 0 Å². The molecule has 0 aliphatic rings. The number of methoxy groups -OCH3 is 1. The van der Waals surface area contributed by atoms with Gasteiger partial charge in [0.2, 0.25) is 0 Å². The summed E-state index contributed by atoms with van der Waals surface area (Å²) in [7, 11) is -2.97. The number of rotatable bonds is 8. The van der Waals surface area contributed by atoms with Gasteiger partial charge < -0.3 is 14.4 Å². The standard InChI is InChI=1S/C23H29N3O5S2/c1-15(2)12-18-13-19(20(32-18)33(29,30)25-22(27)31-5)17-8-6-16(7-9-17)14-26-11-10-24-21(26)23(3,4)28/h6-11,13,15,28H,12,14H2,1-5H3,(H,25,27). The van der Waals surface area contributed by atoms with Gasteiger partial charge in [-0.3, -0.25) is 0 Å². The molecular formula is C23H29N3O5S2. The number of sulfonamides is 1. The number of aliphatic hydroxyl groups is 1. The van der Waals surface area contributed by atoms with E-state index in [1.807, 2.05) is 39.6 Å². The molecular weight excluding hydrogens is 462 g/mol. The van der Waals surface area contributed by atoms with Crippen LogP contribution in [0.25, 0.3) is 11.1 Å². The molecule has 0 radical (unpaired) electrons. The van der Waals surface area contributed by atoms with Crippen LogP contribution in [0, 0.1) is 5.92 Å². The summed E-state index contributed by atoms with van der Waals surface area (Å²) >= 11 is 1.16. The number of carbonyl (C=O) groups is 1. The van der Waals surface area contributed by atoms with E-state index in [2.05, 4.69) is 23.6 Å². The van der Waals surface area contributed by atoms with E-state index >= 15 is 0 Å². The van der Waals surface area contributed by atoms with Crippen molar-refractivity contribution in [3.63, 3.8) is 0 Å². The Kier molecular flexibility index (Phi) is 7.30. The smallest absolute Gasteiger partial charge is 0.420 e. The van der Waals surface area contributed by atoms with Crippen LogP contribution in [0.15, 0.2) is 46.9 Å². The normalized spacial score (nSPS) is 12.2. The average molecular weight is 492 g/mol. The van der Waals surface area contributed by atoms with E-state index in [1.54, 1.807) is 26.2 Å². The minimum Gasteiger partial charge on any atom is -0.452 e. The zero-order valence-electron chi connectivity index (χ0n) is 19.3. The Balaban J connectivity index is 1.95. The summed E-state index contributed by atoms with van der Waals surface area (Å²) in [6, 6.07) is 9.40. The SMILES string of the molecule is COC(=O)NS(=O)(=O)c1sc(CC(C)C)cc1-c1ccc(Cn2ccnc2C(C)(C)O)cc1. The number of ether oxygens (including phenoxy) is 1. The molecule has 2 N–H and O–H groups in total. The molecule has 0 aliphatic heterocycles. The van der Waals surface area contributed by atoms with Crippen LogP contribution in [0.2, 0.25) is 0 Å². The Morgan fingerprint density at radius 2 is 1.94 bits per heavy atom. The quantitative estimate of drug-likeness (QED) is 0.490. The fraction of sp³-hybridized carbons (Fsp3) is 0.391. The highest BCUT2D eigenvalue weighted by Gasteiger charge is 2.26. The highest BCUT2D eigenvalue weighted by atomic mass is 32.2. The molecule has 0 spiro atoms. The number of benzene rings is 1. The number of nitrogens with zero attached hydrogens (tertiary/aromatic N) is 2. The fourth-order valence-corrected chi connectivity index (χ4v) is 6.34. The molecule has 8 nitrogen and oxygen atoms in total. The lowest BCUT2D eigenvalue weighted by molar-refractivity contribution is 0.0652. The monoisotopic (exact) mass is 491 g/mol. The van der Waals surface area contributed by atoms with E-state index in [0.29, 0.717) is 23.9 Å². The molecule has 1 aromatic carbocycles. The predicted molar refractivity (Wildman–Crippen MR) is 128 cm³/mol. The van der Waals surface area contributed by atoms with Gasteiger partial charge in [0.1, 0.15) is 15.6 Å². The Labute approximate surface area is 198 Å². The first-order valence-corrected chi connectivity index (χ1v) is 12.8. The summed E-state index contributed by atoms with van der Waals surface area (Å²) in [5.41, 5.74) is 1.17. The van der Waals surface area contributed by atoms with Gasteiger partial charge in [0.15, 0.2) is 0 Å². The lowest BCUT2D eigenvalue weighted by Gasteiger charge is -2.18. The predicted octanol–water partition coefficient (Wildman–Crippen LogP) is 4.13. The average Bonchev–Trinajstić information content (AvgIpc) is 3.35. The molecule has 0 aliphatic carbocycles. The maximum atomic E-state index is 12.9. The van der Waals surface area contributed by atoms with Crippen LogP contribution in [0.5, 0.6) is 0 Å². The Morgan fingerprint density at radius 1 is 1.27 bits per heavy atom. The Morgan fingerprint density at radius 3 is 2.52 bits per heavy atom. The summed E-state index contributed by atoms with van der Waals surface area (Å²) in [5, 5.41) is 10.3. The highest BCUT2D eigenvalue weighted by Crippen LogP contribution is 2.36. The number of hydrogen-bond acceptors (Lipinski definition) is 7. The molecule has 33 heavy (non-hydrogen) atoms. The van der Waals surface area contributed by atoms with Gasteiger partial charge >= 0.3 is 6.09 Å². The number of hydrogen-bond donors (Lipinski definition) is 2. The molecule has 0 unspecified atom stereocenters. The maximum Gasteiger partial charge on any atom is 0.420 e. The highest BCUT2D eigenvalue weighted by molar-refractivity contribution is 7.92. The third-order valence-corrected chi connectivity index (χ3v) is 7.89. The van der Waals surface area contributed by atoms with Crippen molar-refractivity contribution in [1.82, 2.24) is 14.3 Å². The lowest BCUT2D eigenvalue weighted by Crippen LogP contribution is -2.30. The number of imidazole rings is 1. The van der Waals surface area contributed by atoms with E-state index in [9.17, 15) is 18.3 Å². The van der Waals surface area contributed by atoms with E-state index in [0.717, 1.165) is 40.9 Å². The molecule has 0 saturated heterocycles. The van der Waals surface area contributed by atoms with Crippen molar-refractivity contribution >= 4 is 27.5 Å². The molecule has 0 fully saturated rings. The zero-order chi connectivity index (χ0) is 24.4. The number of nitrogens with one attached hydrogen (secondary N) is 1. The van der Waals surface area contributed by atoms with Crippen molar-refractivity contribution < 1.29 is 23.1 Å². The van der Waals surface area contributed by atoms with E-state index in [1.165, 1.54) is 0 Å². The summed E-state index contributed by atoms with van der Waals surface area (Å²) in [5.74, 6) is 0.910. The molecule has 0 atom stereocenters. The molecule has 3 rings (SSSR count). The second-order valence-electron chi connectivity index (χ2n) is 8.74. The molecule has 1 amide bonds. The molecule has 2 aromatic heterocycles. The molecule has 0 saturated carbocycles. The van der Waals surface area contributed by atoms with Crippen LogP contribution in [0.1, 0.15) is 44.0 Å². The van der Waals surface area contributed by atoms with Crippen molar-refractivity contribution in [2.45, 2.75) is 50.5 Å². The number of carbonyl (C=O) groups excluding carboxylic acids is 1.